The number of H-pyrrole nitrogens is 1. The molecule has 0 saturated carbocycles. The molecule has 2 aromatic heterocycles. The summed E-state index contributed by atoms with van der Waals surface area (Å²) in [5.74, 6) is 0.714. The molecule has 0 bridgehead atoms. The number of imidazole rings is 1. The third-order valence-corrected chi connectivity index (χ3v) is 3.33. The van der Waals surface area contributed by atoms with Gasteiger partial charge >= 0.3 is 6.09 Å². The van der Waals surface area contributed by atoms with Gasteiger partial charge in [0.2, 0.25) is 0 Å². The molecule has 0 fully saturated rings. The van der Waals surface area contributed by atoms with Crippen molar-refractivity contribution in [1.82, 2.24) is 14.5 Å². The Morgan fingerprint density at radius 3 is 2.96 bits per heavy atom. The number of ether oxygens (including phenoxy) is 1. The maximum atomic E-state index is 11.6. The topological polar surface area (TPSA) is 98.0 Å². The van der Waals surface area contributed by atoms with Crippen LogP contribution in [0.5, 0.6) is 0 Å². The fourth-order valence-corrected chi connectivity index (χ4v) is 2.32. The van der Waals surface area contributed by atoms with E-state index in [0.29, 0.717) is 17.2 Å². The van der Waals surface area contributed by atoms with Gasteiger partial charge in [-0.25, -0.2) is 9.78 Å². The molecular formula is C16H18ClN5O2. The second-order valence-corrected chi connectivity index (χ2v) is 5.10. The smallest absolute Gasteiger partial charge is 0.411 e. The van der Waals surface area contributed by atoms with Crippen LogP contribution in [-0.2, 0) is 11.8 Å². The van der Waals surface area contributed by atoms with Crippen molar-refractivity contribution in [2.24, 2.45) is 7.05 Å². The first-order valence-electron chi connectivity index (χ1n) is 7.03. The number of aromatic nitrogens is 3. The van der Waals surface area contributed by atoms with Gasteiger partial charge in [0, 0.05) is 18.9 Å². The van der Waals surface area contributed by atoms with Gasteiger partial charge in [-0.2, -0.15) is 0 Å². The Bertz CT molecular complexity index is 884. The summed E-state index contributed by atoms with van der Waals surface area (Å²) in [6.07, 6.45) is 2.81. The number of fused-ring (bicyclic) bond motifs is 1. The number of nitrogens with zero attached hydrogens (tertiary/aromatic N) is 2. The quantitative estimate of drug-likeness (QED) is 0.630. The fraction of sp³-hybridized carbons (Fsp3) is 0.125. The minimum atomic E-state index is -0.529. The van der Waals surface area contributed by atoms with E-state index in [1.807, 2.05) is 29.9 Å². The molecule has 4 N–H and O–H groups in total. The van der Waals surface area contributed by atoms with Crippen molar-refractivity contribution in [2.75, 3.05) is 17.7 Å². The van der Waals surface area contributed by atoms with Crippen LogP contribution in [-0.4, -0.2) is 27.2 Å². The number of anilines is 2. The number of hydrogen-bond donors (Lipinski definition) is 3. The number of rotatable bonds is 4. The number of nitrogens with two attached hydrogens (primary N) is 1. The van der Waals surface area contributed by atoms with Gasteiger partial charge in [-0.05, 0) is 24.3 Å². The van der Waals surface area contributed by atoms with Gasteiger partial charge < -0.3 is 20.0 Å². The van der Waals surface area contributed by atoms with E-state index in [4.69, 9.17) is 10.5 Å². The van der Waals surface area contributed by atoms with Gasteiger partial charge in [0.15, 0.2) is 5.82 Å². The van der Waals surface area contributed by atoms with E-state index >= 15 is 0 Å². The Morgan fingerprint density at radius 2 is 2.29 bits per heavy atom. The van der Waals surface area contributed by atoms with E-state index in [1.165, 1.54) is 6.08 Å². The lowest BCUT2D eigenvalue weighted by Crippen LogP contribution is -2.13. The van der Waals surface area contributed by atoms with Crippen LogP contribution in [0.1, 0.15) is 0 Å². The first kappa shape index (κ1) is 17.4. The number of carbonyl (C=O) groups is 1. The molecule has 1 amide bonds. The number of hydrogen-bond acceptors (Lipinski definition) is 4. The highest BCUT2D eigenvalue weighted by Crippen LogP contribution is 2.24. The number of amides is 1. The molecule has 1 aromatic carbocycles. The second-order valence-electron chi connectivity index (χ2n) is 5.10. The highest BCUT2D eigenvalue weighted by Gasteiger charge is 2.10. The van der Waals surface area contributed by atoms with E-state index in [1.54, 1.807) is 12.1 Å². The second kappa shape index (κ2) is 7.10. The summed E-state index contributed by atoms with van der Waals surface area (Å²) in [6, 6.07) is 7.24. The van der Waals surface area contributed by atoms with Crippen LogP contribution in [0, 0.1) is 0 Å². The van der Waals surface area contributed by atoms with Crippen molar-refractivity contribution in [2.45, 2.75) is 0 Å². The van der Waals surface area contributed by atoms with Crippen LogP contribution >= 0.6 is 12.4 Å². The van der Waals surface area contributed by atoms with E-state index in [-0.39, 0.29) is 19.0 Å². The molecule has 2 heterocycles. The van der Waals surface area contributed by atoms with Gasteiger partial charge in [0.05, 0.1) is 22.4 Å². The Balaban J connectivity index is 0.00000208. The summed E-state index contributed by atoms with van der Waals surface area (Å²) < 4.78 is 6.79. The molecule has 8 heteroatoms. The zero-order chi connectivity index (χ0) is 16.4. The largest absolute Gasteiger partial charge is 0.445 e. The molecule has 126 valence electrons. The minimum absolute atomic E-state index is 0. The Hall–Kier alpha value is -2.93. The average molecular weight is 348 g/mol. The number of benzene rings is 1. The monoisotopic (exact) mass is 347 g/mol. The first-order valence-corrected chi connectivity index (χ1v) is 7.03. The highest BCUT2D eigenvalue weighted by atomic mass is 35.5. The van der Waals surface area contributed by atoms with Gasteiger partial charge in [0.25, 0.3) is 0 Å². The predicted molar refractivity (Wildman–Crippen MR) is 97.3 cm³/mol. The van der Waals surface area contributed by atoms with Crippen LogP contribution in [0.4, 0.5) is 16.2 Å². The summed E-state index contributed by atoms with van der Waals surface area (Å²) in [5.41, 5.74) is 9.58. The minimum Gasteiger partial charge on any atom is -0.445 e. The van der Waals surface area contributed by atoms with Gasteiger partial charge in [0.1, 0.15) is 6.61 Å². The molecule has 3 aromatic rings. The highest BCUT2D eigenvalue weighted by molar-refractivity contribution is 5.89. The lowest BCUT2D eigenvalue weighted by molar-refractivity contribution is 0.174. The Morgan fingerprint density at radius 1 is 1.50 bits per heavy atom. The molecule has 0 radical (unpaired) electrons. The SMILES string of the molecule is C=CCOC(=O)Nc1ccc2nc(-c3cc(N)cn3C)[nH]c2c1.Cl. The number of halogens is 1. The number of nitrogen functional groups attached to an aromatic ring is 1. The van der Waals surface area contributed by atoms with E-state index in [0.717, 1.165) is 16.7 Å². The summed E-state index contributed by atoms with van der Waals surface area (Å²) in [7, 11) is 1.90. The van der Waals surface area contributed by atoms with E-state index in [2.05, 4.69) is 21.9 Å². The molecule has 0 aliphatic rings. The maximum absolute atomic E-state index is 11.6. The van der Waals surface area contributed by atoms with Crippen LogP contribution in [0.2, 0.25) is 0 Å². The summed E-state index contributed by atoms with van der Waals surface area (Å²) in [5, 5.41) is 2.65. The van der Waals surface area contributed by atoms with Gasteiger partial charge in [-0.15, -0.1) is 12.4 Å². The van der Waals surface area contributed by atoms with Crippen molar-refractivity contribution < 1.29 is 9.53 Å². The Labute approximate surface area is 144 Å². The van der Waals surface area contributed by atoms with Gasteiger partial charge in [-0.1, -0.05) is 12.7 Å². The lowest BCUT2D eigenvalue weighted by Gasteiger charge is -2.04. The molecule has 0 aliphatic carbocycles. The summed E-state index contributed by atoms with van der Waals surface area (Å²) in [6.45, 7) is 3.66. The van der Waals surface area contributed by atoms with Crippen molar-refractivity contribution in [1.29, 1.82) is 0 Å². The maximum Gasteiger partial charge on any atom is 0.411 e. The standard InChI is InChI=1S/C16H17N5O2.ClH/c1-3-6-23-16(22)18-11-4-5-12-13(8-11)20-15(19-12)14-7-10(17)9-21(14)2;/h3-5,7-9H,1,6,17H2,2H3,(H,18,22)(H,19,20);1H. The first-order chi connectivity index (χ1) is 11.1. The molecular weight excluding hydrogens is 330 g/mol. The van der Waals surface area contributed by atoms with Crippen molar-refractivity contribution in [3.05, 3.63) is 43.1 Å². The van der Waals surface area contributed by atoms with Crippen LogP contribution in [0.15, 0.2) is 43.1 Å². The van der Waals surface area contributed by atoms with Gasteiger partial charge in [-0.3, -0.25) is 5.32 Å². The zero-order valence-electron chi connectivity index (χ0n) is 13.1. The molecule has 0 spiro atoms. The van der Waals surface area contributed by atoms with E-state index < -0.39 is 6.09 Å². The molecule has 0 atom stereocenters. The van der Waals surface area contributed by atoms with Crippen LogP contribution in [0.3, 0.4) is 0 Å². The van der Waals surface area contributed by atoms with Crippen molar-refractivity contribution in [3.8, 4) is 11.5 Å². The summed E-state index contributed by atoms with van der Waals surface area (Å²) >= 11 is 0. The molecule has 7 nitrogen and oxygen atoms in total. The normalized spacial score (nSPS) is 10.2. The third kappa shape index (κ3) is 3.52. The third-order valence-electron chi connectivity index (χ3n) is 3.33. The average Bonchev–Trinajstić information content (AvgIpc) is 3.07. The predicted octanol–water partition coefficient (Wildman–Crippen LogP) is 3.31. The van der Waals surface area contributed by atoms with E-state index in [9.17, 15) is 4.79 Å². The molecule has 24 heavy (non-hydrogen) atoms. The summed E-state index contributed by atoms with van der Waals surface area (Å²) in [4.78, 5) is 19.3. The van der Waals surface area contributed by atoms with Crippen LogP contribution < -0.4 is 11.1 Å². The number of aryl methyl sites for hydroxylation is 1. The number of aromatic amines is 1. The lowest BCUT2D eigenvalue weighted by atomic mass is 10.3. The number of carbonyl (C=O) groups excluding carboxylic acids is 1. The zero-order valence-corrected chi connectivity index (χ0v) is 13.9. The molecule has 0 unspecified atom stereocenters. The molecule has 3 rings (SSSR count). The molecule has 0 saturated heterocycles. The molecule has 0 aliphatic heterocycles. The number of nitrogens with one attached hydrogen (secondary N) is 2. The van der Waals surface area contributed by atoms with Crippen molar-refractivity contribution in [3.63, 3.8) is 0 Å². The Kier molecular flexibility index (Phi) is 5.15. The fourth-order valence-electron chi connectivity index (χ4n) is 2.32. The van der Waals surface area contributed by atoms with Crippen LogP contribution in [0.25, 0.3) is 22.6 Å². The van der Waals surface area contributed by atoms with Crippen molar-refractivity contribution >= 4 is 40.9 Å².